The summed E-state index contributed by atoms with van der Waals surface area (Å²) in [5.74, 6) is -0.260. The third-order valence-corrected chi connectivity index (χ3v) is 3.16. The molecular formula is C15H22ClNO2. The summed E-state index contributed by atoms with van der Waals surface area (Å²) in [6.45, 7) is 9.92. The second-order valence-electron chi connectivity index (χ2n) is 5.65. The average molecular weight is 284 g/mol. The number of carbonyl (C=O) groups is 1. The Hall–Kier alpha value is -1.06. The summed E-state index contributed by atoms with van der Waals surface area (Å²) in [5.41, 5.74) is 2.74. The van der Waals surface area contributed by atoms with Crippen LogP contribution in [0, 0.1) is 6.92 Å². The van der Waals surface area contributed by atoms with Gasteiger partial charge in [-0.15, -0.1) is 11.6 Å². The van der Waals surface area contributed by atoms with Crippen molar-refractivity contribution in [2.45, 2.75) is 45.4 Å². The Morgan fingerprint density at radius 3 is 2.37 bits per heavy atom. The van der Waals surface area contributed by atoms with E-state index in [0.29, 0.717) is 0 Å². The number of hydroxylamine groups is 1. The van der Waals surface area contributed by atoms with Gasteiger partial charge in [-0.1, -0.05) is 39.0 Å². The molecule has 106 valence electrons. The lowest BCUT2D eigenvalue weighted by Gasteiger charge is -2.30. The van der Waals surface area contributed by atoms with Crippen molar-refractivity contribution < 1.29 is 9.63 Å². The Kier molecular flexibility index (Phi) is 4.99. The average Bonchev–Trinajstić information content (AvgIpc) is 2.30. The first-order valence-electron chi connectivity index (χ1n) is 6.32. The molecule has 1 atom stereocenters. The van der Waals surface area contributed by atoms with Crippen molar-refractivity contribution in [3.05, 3.63) is 29.3 Å². The van der Waals surface area contributed by atoms with Crippen molar-refractivity contribution in [2.75, 3.05) is 12.2 Å². The zero-order chi connectivity index (χ0) is 14.8. The maximum Gasteiger partial charge on any atom is 0.268 e. The Morgan fingerprint density at radius 2 is 1.95 bits per heavy atom. The van der Waals surface area contributed by atoms with E-state index in [0.717, 1.165) is 16.8 Å². The van der Waals surface area contributed by atoms with Crippen molar-refractivity contribution in [3.8, 4) is 0 Å². The van der Waals surface area contributed by atoms with Crippen LogP contribution in [0.25, 0.3) is 0 Å². The molecule has 0 fully saturated rings. The van der Waals surface area contributed by atoms with Crippen LogP contribution >= 0.6 is 11.6 Å². The second-order valence-corrected chi connectivity index (χ2v) is 6.31. The molecule has 0 N–H and O–H groups in total. The van der Waals surface area contributed by atoms with Gasteiger partial charge in [-0.25, -0.2) is 0 Å². The van der Waals surface area contributed by atoms with E-state index in [2.05, 4.69) is 20.8 Å². The SMILES string of the molecule is CON(C(=O)C(C)Cl)c1c(C)cccc1C(C)(C)C. The Balaban J connectivity index is 3.43. The minimum atomic E-state index is -0.632. The predicted molar refractivity (Wildman–Crippen MR) is 79.7 cm³/mol. The Morgan fingerprint density at radius 1 is 1.37 bits per heavy atom. The van der Waals surface area contributed by atoms with Gasteiger partial charge in [-0.3, -0.25) is 9.63 Å². The van der Waals surface area contributed by atoms with E-state index in [-0.39, 0.29) is 11.3 Å². The highest BCUT2D eigenvalue weighted by molar-refractivity contribution is 6.32. The second kappa shape index (κ2) is 5.93. The normalized spacial score (nSPS) is 13.2. The third kappa shape index (κ3) is 3.48. The molecule has 1 aromatic carbocycles. The molecule has 1 aromatic rings. The Labute approximate surface area is 120 Å². The molecule has 0 aliphatic carbocycles. The van der Waals surface area contributed by atoms with Gasteiger partial charge < -0.3 is 0 Å². The predicted octanol–water partition coefficient (Wildman–Crippen LogP) is 3.81. The lowest BCUT2D eigenvalue weighted by atomic mass is 9.84. The number of hydrogen-bond acceptors (Lipinski definition) is 2. The molecule has 19 heavy (non-hydrogen) atoms. The van der Waals surface area contributed by atoms with Gasteiger partial charge in [0.05, 0.1) is 12.8 Å². The van der Waals surface area contributed by atoms with Crippen LogP contribution in [-0.2, 0) is 15.0 Å². The standard InChI is InChI=1S/C15H22ClNO2/c1-10-8-7-9-12(15(3,4)5)13(10)17(19-6)14(18)11(2)16/h7-9,11H,1-6H3. The van der Waals surface area contributed by atoms with Crippen molar-refractivity contribution in [1.82, 2.24) is 0 Å². The molecule has 3 nitrogen and oxygen atoms in total. The van der Waals surface area contributed by atoms with E-state index in [4.69, 9.17) is 16.4 Å². The number of halogens is 1. The van der Waals surface area contributed by atoms with Gasteiger partial charge >= 0.3 is 0 Å². The lowest BCUT2D eigenvalue weighted by Crippen LogP contribution is -2.37. The van der Waals surface area contributed by atoms with Gasteiger partial charge in [0.25, 0.3) is 5.91 Å². The molecule has 0 aliphatic rings. The molecule has 0 saturated heterocycles. The van der Waals surface area contributed by atoms with E-state index >= 15 is 0 Å². The number of rotatable bonds is 3. The quantitative estimate of drug-likeness (QED) is 0.623. The molecule has 0 spiro atoms. The van der Waals surface area contributed by atoms with E-state index in [1.807, 2.05) is 25.1 Å². The maximum absolute atomic E-state index is 12.2. The number of aryl methyl sites for hydroxylation is 1. The lowest BCUT2D eigenvalue weighted by molar-refractivity contribution is -0.124. The number of benzene rings is 1. The fraction of sp³-hybridized carbons (Fsp3) is 0.533. The van der Waals surface area contributed by atoms with E-state index in [1.165, 1.54) is 12.2 Å². The first-order valence-corrected chi connectivity index (χ1v) is 6.76. The molecule has 1 rings (SSSR count). The van der Waals surface area contributed by atoms with E-state index in [1.54, 1.807) is 6.92 Å². The minimum Gasteiger partial charge on any atom is -0.270 e. The largest absolute Gasteiger partial charge is 0.270 e. The summed E-state index contributed by atoms with van der Waals surface area (Å²) in [5, 5.41) is 0.667. The van der Waals surface area contributed by atoms with Crippen LogP contribution in [0.5, 0.6) is 0 Å². The highest BCUT2D eigenvalue weighted by atomic mass is 35.5. The van der Waals surface area contributed by atoms with E-state index in [9.17, 15) is 4.79 Å². The first kappa shape index (κ1) is 16.0. The number of para-hydroxylation sites is 1. The van der Waals surface area contributed by atoms with Gasteiger partial charge in [0.2, 0.25) is 0 Å². The molecule has 4 heteroatoms. The summed E-state index contributed by atoms with van der Waals surface area (Å²) in [4.78, 5) is 17.5. The zero-order valence-electron chi connectivity index (χ0n) is 12.5. The van der Waals surface area contributed by atoms with Gasteiger partial charge in [0.15, 0.2) is 0 Å². The number of carbonyl (C=O) groups excluding carboxylic acids is 1. The van der Waals surface area contributed by atoms with Crippen molar-refractivity contribution >= 4 is 23.2 Å². The van der Waals surface area contributed by atoms with Crippen LogP contribution in [0.3, 0.4) is 0 Å². The van der Waals surface area contributed by atoms with E-state index < -0.39 is 5.38 Å². The summed E-state index contributed by atoms with van der Waals surface area (Å²) in [7, 11) is 1.48. The van der Waals surface area contributed by atoms with Crippen molar-refractivity contribution in [2.24, 2.45) is 0 Å². The molecule has 0 aliphatic heterocycles. The highest BCUT2D eigenvalue weighted by Crippen LogP contribution is 2.35. The molecule has 1 amide bonds. The van der Waals surface area contributed by atoms with Gasteiger partial charge in [0, 0.05) is 0 Å². The van der Waals surface area contributed by atoms with Crippen molar-refractivity contribution in [3.63, 3.8) is 0 Å². The van der Waals surface area contributed by atoms with Gasteiger partial charge in [-0.2, -0.15) is 5.06 Å². The molecule has 0 saturated carbocycles. The number of amides is 1. The van der Waals surface area contributed by atoms with Crippen LogP contribution in [0.2, 0.25) is 0 Å². The van der Waals surface area contributed by atoms with Crippen LogP contribution in [0.15, 0.2) is 18.2 Å². The maximum atomic E-state index is 12.2. The monoisotopic (exact) mass is 283 g/mol. The van der Waals surface area contributed by atoms with Gasteiger partial charge in [0.1, 0.15) is 5.38 Å². The van der Waals surface area contributed by atoms with Crippen LogP contribution < -0.4 is 5.06 Å². The van der Waals surface area contributed by atoms with Gasteiger partial charge in [-0.05, 0) is 30.4 Å². The molecular weight excluding hydrogens is 262 g/mol. The fourth-order valence-corrected chi connectivity index (χ4v) is 2.08. The number of nitrogens with zero attached hydrogens (tertiary/aromatic N) is 1. The summed E-state index contributed by atoms with van der Waals surface area (Å²) in [6, 6.07) is 5.96. The minimum absolute atomic E-state index is 0.0893. The smallest absolute Gasteiger partial charge is 0.268 e. The number of alkyl halides is 1. The topological polar surface area (TPSA) is 29.5 Å². The summed E-state index contributed by atoms with van der Waals surface area (Å²) in [6.07, 6.45) is 0. The first-order chi connectivity index (χ1) is 8.70. The van der Waals surface area contributed by atoms with Crippen LogP contribution in [0.4, 0.5) is 5.69 Å². The Bertz CT molecular complexity index is 464. The highest BCUT2D eigenvalue weighted by Gasteiger charge is 2.28. The van der Waals surface area contributed by atoms with Crippen LogP contribution in [0.1, 0.15) is 38.8 Å². The zero-order valence-corrected chi connectivity index (χ0v) is 13.2. The molecule has 1 unspecified atom stereocenters. The summed E-state index contributed by atoms with van der Waals surface area (Å²) < 4.78 is 0. The van der Waals surface area contributed by atoms with Crippen LogP contribution in [-0.4, -0.2) is 18.4 Å². The molecule has 0 heterocycles. The molecule has 0 radical (unpaired) electrons. The fourth-order valence-electron chi connectivity index (χ4n) is 1.99. The number of hydrogen-bond donors (Lipinski definition) is 0. The third-order valence-electron chi connectivity index (χ3n) is 2.97. The number of anilines is 1. The molecule has 0 aromatic heterocycles. The molecule has 0 bridgehead atoms. The van der Waals surface area contributed by atoms with Crippen molar-refractivity contribution in [1.29, 1.82) is 0 Å². The summed E-state index contributed by atoms with van der Waals surface area (Å²) >= 11 is 5.90.